The standard InChI is InChI=1S/C21H24ClFN4O5S2/c22-18-12-24-21(33-18)25-20(29)17(11-14-5-9-32-10-6-14)27-8-7-26(13-19(27)28)34(30,31)16-3-1-15(23)2-4-16/h1-4,12,14,17H,5-11,13H2,(H,24,25,29). The number of anilines is 1. The number of aromatic nitrogens is 1. The molecule has 0 saturated carbocycles. The summed E-state index contributed by atoms with van der Waals surface area (Å²) in [6.45, 7) is 0.864. The molecular formula is C21H24ClFN4O5S2. The molecule has 1 atom stereocenters. The molecule has 1 aromatic carbocycles. The van der Waals surface area contributed by atoms with Crippen LogP contribution in [0.25, 0.3) is 0 Å². The first kappa shape index (κ1) is 25.0. The Morgan fingerprint density at radius 1 is 1.26 bits per heavy atom. The minimum absolute atomic E-state index is 0.0199. The van der Waals surface area contributed by atoms with Gasteiger partial charge in [-0.3, -0.25) is 9.59 Å². The number of carbonyl (C=O) groups excluding carboxylic acids is 2. The molecule has 2 amide bonds. The largest absolute Gasteiger partial charge is 0.381 e. The normalized spacial score (nSPS) is 19.2. The first-order valence-electron chi connectivity index (χ1n) is 10.8. The summed E-state index contributed by atoms with van der Waals surface area (Å²) in [6, 6.07) is 3.67. The van der Waals surface area contributed by atoms with Gasteiger partial charge >= 0.3 is 0 Å². The Hall–Kier alpha value is -2.12. The van der Waals surface area contributed by atoms with Gasteiger partial charge in [-0.15, -0.1) is 0 Å². The number of nitrogens with zero attached hydrogens (tertiary/aromatic N) is 3. The first-order chi connectivity index (χ1) is 16.2. The summed E-state index contributed by atoms with van der Waals surface area (Å²) in [5, 5.41) is 3.06. The lowest BCUT2D eigenvalue weighted by Crippen LogP contribution is -2.58. The van der Waals surface area contributed by atoms with Crippen LogP contribution in [0.3, 0.4) is 0 Å². The monoisotopic (exact) mass is 530 g/mol. The van der Waals surface area contributed by atoms with Gasteiger partial charge in [0.1, 0.15) is 16.2 Å². The van der Waals surface area contributed by atoms with Crippen LogP contribution in [0.5, 0.6) is 0 Å². The van der Waals surface area contributed by atoms with Crippen LogP contribution >= 0.6 is 22.9 Å². The van der Waals surface area contributed by atoms with Gasteiger partial charge in [-0.25, -0.2) is 17.8 Å². The molecule has 3 heterocycles. The number of rotatable bonds is 7. The van der Waals surface area contributed by atoms with Crippen LogP contribution in [-0.4, -0.2) is 73.3 Å². The Bertz CT molecular complexity index is 1140. The number of halogens is 2. The number of thiazole rings is 1. The second kappa shape index (κ2) is 10.6. The number of hydrogen-bond donors (Lipinski definition) is 1. The van der Waals surface area contributed by atoms with Gasteiger partial charge in [0.2, 0.25) is 21.8 Å². The first-order valence-corrected chi connectivity index (χ1v) is 13.4. The fourth-order valence-electron chi connectivity index (χ4n) is 4.13. The maximum atomic E-state index is 13.2. The van der Waals surface area contributed by atoms with Crippen molar-refractivity contribution in [1.82, 2.24) is 14.2 Å². The smallest absolute Gasteiger partial charge is 0.248 e. The molecule has 0 spiro atoms. The third kappa shape index (κ3) is 5.74. The second-order valence-corrected chi connectivity index (χ2v) is 11.7. The number of hydrogen-bond acceptors (Lipinski definition) is 7. The van der Waals surface area contributed by atoms with Gasteiger partial charge in [-0.05, 0) is 49.4 Å². The van der Waals surface area contributed by atoms with E-state index in [0.29, 0.717) is 29.1 Å². The highest BCUT2D eigenvalue weighted by Gasteiger charge is 2.39. The van der Waals surface area contributed by atoms with E-state index >= 15 is 0 Å². The fraction of sp³-hybridized carbons (Fsp3) is 0.476. The van der Waals surface area contributed by atoms with Crippen molar-refractivity contribution in [2.45, 2.75) is 30.2 Å². The van der Waals surface area contributed by atoms with E-state index in [0.717, 1.165) is 40.6 Å². The highest BCUT2D eigenvalue weighted by molar-refractivity contribution is 7.89. The van der Waals surface area contributed by atoms with Crippen molar-refractivity contribution in [3.05, 3.63) is 40.6 Å². The molecule has 2 fully saturated rings. The lowest BCUT2D eigenvalue weighted by Gasteiger charge is -2.39. The molecule has 9 nitrogen and oxygen atoms in total. The van der Waals surface area contributed by atoms with Crippen LogP contribution in [0.2, 0.25) is 4.34 Å². The molecular weight excluding hydrogens is 507 g/mol. The van der Waals surface area contributed by atoms with Crippen molar-refractivity contribution in [1.29, 1.82) is 0 Å². The van der Waals surface area contributed by atoms with Crippen LogP contribution in [-0.2, 0) is 24.3 Å². The van der Waals surface area contributed by atoms with Gasteiger partial charge in [0.25, 0.3) is 0 Å². The zero-order valence-corrected chi connectivity index (χ0v) is 20.5. The van der Waals surface area contributed by atoms with Crippen molar-refractivity contribution in [2.75, 3.05) is 38.2 Å². The molecule has 13 heteroatoms. The maximum absolute atomic E-state index is 13.2. The topological polar surface area (TPSA) is 109 Å². The zero-order chi connectivity index (χ0) is 24.3. The van der Waals surface area contributed by atoms with E-state index in [9.17, 15) is 22.4 Å². The summed E-state index contributed by atoms with van der Waals surface area (Å²) in [5.41, 5.74) is 0. The molecule has 2 aromatic rings. The quantitative estimate of drug-likeness (QED) is 0.589. The molecule has 0 bridgehead atoms. The Balaban J connectivity index is 1.50. The van der Waals surface area contributed by atoms with E-state index in [1.165, 1.54) is 23.2 Å². The molecule has 1 aromatic heterocycles. The second-order valence-electron chi connectivity index (χ2n) is 8.15. The molecule has 2 aliphatic heterocycles. The minimum Gasteiger partial charge on any atom is -0.381 e. The van der Waals surface area contributed by atoms with Crippen molar-refractivity contribution in [2.24, 2.45) is 5.92 Å². The molecule has 4 rings (SSSR count). The molecule has 184 valence electrons. The molecule has 0 radical (unpaired) electrons. The van der Waals surface area contributed by atoms with Crippen LogP contribution in [0.1, 0.15) is 19.3 Å². The molecule has 1 unspecified atom stereocenters. The summed E-state index contributed by atoms with van der Waals surface area (Å²) >= 11 is 7.03. The third-order valence-corrected chi connectivity index (χ3v) is 8.85. The van der Waals surface area contributed by atoms with E-state index in [4.69, 9.17) is 16.3 Å². The minimum atomic E-state index is -3.97. The molecule has 1 N–H and O–H groups in total. The average Bonchev–Trinajstić information content (AvgIpc) is 3.23. The zero-order valence-electron chi connectivity index (χ0n) is 18.2. The van der Waals surface area contributed by atoms with Crippen LogP contribution in [0.4, 0.5) is 9.52 Å². The third-order valence-electron chi connectivity index (χ3n) is 5.96. The molecule has 2 saturated heterocycles. The van der Waals surface area contributed by atoms with Gasteiger partial charge in [0, 0.05) is 26.3 Å². The molecule has 34 heavy (non-hydrogen) atoms. The van der Waals surface area contributed by atoms with Gasteiger partial charge in [-0.2, -0.15) is 4.31 Å². The van der Waals surface area contributed by atoms with Gasteiger partial charge in [0.05, 0.1) is 17.6 Å². The number of amides is 2. The van der Waals surface area contributed by atoms with Gasteiger partial charge < -0.3 is 15.0 Å². The van der Waals surface area contributed by atoms with Crippen LogP contribution in [0.15, 0.2) is 35.4 Å². The number of nitrogens with one attached hydrogen (secondary N) is 1. The Labute approximate surface area is 205 Å². The summed E-state index contributed by atoms with van der Waals surface area (Å²) in [6.07, 6.45) is 3.42. The van der Waals surface area contributed by atoms with Gasteiger partial charge in [-0.1, -0.05) is 22.9 Å². The predicted molar refractivity (Wildman–Crippen MR) is 125 cm³/mol. The number of benzene rings is 1. The average molecular weight is 531 g/mol. The lowest BCUT2D eigenvalue weighted by molar-refractivity contribution is -0.142. The molecule has 2 aliphatic rings. The summed E-state index contributed by atoms with van der Waals surface area (Å²) in [5.74, 6) is -1.22. The van der Waals surface area contributed by atoms with Crippen LogP contribution in [0, 0.1) is 11.7 Å². The summed E-state index contributed by atoms with van der Waals surface area (Å²) < 4.78 is 46.0. The maximum Gasteiger partial charge on any atom is 0.248 e. The molecule has 0 aliphatic carbocycles. The van der Waals surface area contributed by atoms with Gasteiger partial charge in [0.15, 0.2) is 5.13 Å². The van der Waals surface area contributed by atoms with Crippen molar-refractivity contribution in [3.8, 4) is 0 Å². The highest BCUT2D eigenvalue weighted by Crippen LogP contribution is 2.27. The summed E-state index contributed by atoms with van der Waals surface area (Å²) in [7, 11) is -3.97. The number of sulfonamides is 1. The summed E-state index contributed by atoms with van der Waals surface area (Å²) in [4.78, 5) is 31.7. The highest BCUT2D eigenvalue weighted by atomic mass is 35.5. The van der Waals surface area contributed by atoms with E-state index < -0.39 is 34.3 Å². The SMILES string of the molecule is O=C(Nc1ncc(Cl)s1)C(CC1CCOCC1)N1CCN(S(=O)(=O)c2ccc(F)cc2)CC1=O. The fourth-order valence-corrected chi connectivity index (χ4v) is 6.33. The Kier molecular flexibility index (Phi) is 7.83. The van der Waals surface area contributed by atoms with E-state index in [1.54, 1.807) is 0 Å². The number of ether oxygens (including phenoxy) is 1. The Morgan fingerprint density at radius 3 is 2.59 bits per heavy atom. The number of piperazine rings is 1. The lowest BCUT2D eigenvalue weighted by atomic mass is 9.91. The van der Waals surface area contributed by atoms with E-state index in [1.807, 2.05) is 0 Å². The van der Waals surface area contributed by atoms with Crippen molar-refractivity contribution in [3.63, 3.8) is 0 Å². The predicted octanol–water partition coefficient (Wildman–Crippen LogP) is 2.59. The van der Waals surface area contributed by atoms with E-state index in [2.05, 4.69) is 10.3 Å². The van der Waals surface area contributed by atoms with Crippen LogP contribution < -0.4 is 5.32 Å². The van der Waals surface area contributed by atoms with E-state index in [-0.39, 0.29) is 29.8 Å². The number of carbonyl (C=O) groups is 2. The van der Waals surface area contributed by atoms with Crippen molar-refractivity contribution >= 4 is 49.9 Å². The Morgan fingerprint density at radius 2 is 1.97 bits per heavy atom. The van der Waals surface area contributed by atoms with Crippen molar-refractivity contribution < 1.29 is 27.1 Å².